The number of nitrogens with one attached hydrogen (secondary N) is 2. The third-order valence-electron chi connectivity index (χ3n) is 5.79. The van der Waals surface area contributed by atoms with Crippen LogP contribution in [0.1, 0.15) is 27.9 Å². The standard InChI is InChI=1S/C28H22F5N3O/c1-18-10-11-25(34-17-18)27(16-19-6-3-2-4-7-19,20-8-5-9-21(12-20)28(31,32)33)36-26(37)35-24-14-22(29)13-23(30)15-24/h2-15,17H,16H2,1H3,(H2,35,36,37). The van der Waals surface area contributed by atoms with Gasteiger partial charge in [0.25, 0.3) is 0 Å². The molecule has 1 heterocycles. The maximum Gasteiger partial charge on any atom is 0.416 e. The Morgan fingerprint density at radius 2 is 1.51 bits per heavy atom. The Bertz CT molecular complexity index is 1370. The first-order valence-corrected chi connectivity index (χ1v) is 11.3. The molecule has 0 bridgehead atoms. The van der Waals surface area contributed by atoms with E-state index in [0.717, 1.165) is 29.8 Å². The van der Waals surface area contributed by atoms with E-state index < -0.39 is 34.9 Å². The first kappa shape index (κ1) is 25.8. The van der Waals surface area contributed by atoms with Crippen LogP contribution in [0, 0.1) is 18.6 Å². The molecule has 190 valence electrons. The third kappa shape index (κ3) is 6.11. The number of alkyl halides is 3. The zero-order valence-corrected chi connectivity index (χ0v) is 19.6. The number of anilines is 1. The van der Waals surface area contributed by atoms with Crippen LogP contribution in [0.25, 0.3) is 0 Å². The first-order valence-electron chi connectivity index (χ1n) is 11.3. The van der Waals surface area contributed by atoms with Crippen LogP contribution in [0.2, 0.25) is 0 Å². The van der Waals surface area contributed by atoms with Crippen LogP contribution in [0.3, 0.4) is 0 Å². The Hall–Kier alpha value is -4.27. The molecule has 1 atom stereocenters. The summed E-state index contributed by atoms with van der Waals surface area (Å²) < 4.78 is 68.4. The Kier molecular flexibility index (Phi) is 7.24. The van der Waals surface area contributed by atoms with Crippen LogP contribution in [0.15, 0.2) is 91.1 Å². The van der Waals surface area contributed by atoms with Crippen LogP contribution < -0.4 is 10.6 Å². The van der Waals surface area contributed by atoms with Gasteiger partial charge in [-0.1, -0.05) is 48.5 Å². The summed E-state index contributed by atoms with van der Waals surface area (Å²) in [7, 11) is 0. The van der Waals surface area contributed by atoms with E-state index >= 15 is 0 Å². The van der Waals surface area contributed by atoms with Gasteiger partial charge < -0.3 is 10.6 Å². The smallest absolute Gasteiger partial charge is 0.322 e. The van der Waals surface area contributed by atoms with Crippen molar-refractivity contribution in [1.82, 2.24) is 10.3 Å². The van der Waals surface area contributed by atoms with Crippen molar-refractivity contribution in [3.05, 3.63) is 131 Å². The van der Waals surface area contributed by atoms with E-state index in [-0.39, 0.29) is 23.4 Å². The van der Waals surface area contributed by atoms with Gasteiger partial charge in [0.2, 0.25) is 0 Å². The molecule has 0 aliphatic rings. The lowest BCUT2D eigenvalue weighted by atomic mass is 9.80. The molecule has 4 rings (SSSR count). The molecule has 0 aliphatic heterocycles. The van der Waals surface area contributed by atoms with Gasteiger partial charge in [-0.3, -0.25) is 4.98 Å². The number of pyridine rings is 1. The van der Waals surface area contributed by atoms with E-state index in [0.29, 0.717) is 11.6 Å². The second-order valence-electron chi connectivity index (χ2n) is 8.60. The zero-order chi connectivity index (χ0) is 26.6. The Morgan fingerprint density at radius 3 is 2.14 bits per heavy atom. The van der Waals surface area contributed by atoms with Crippen LogP contribution in [-0.4, -0.2) is 11.0 Å². The van der Waals surface area contributed by atoms with Gasteiger partial charge in [0.05, 0.1) is 11.3 Å². The summed E-state index contributed by atoms with van der Waals surface area (Å²) in [6, 6.07) is 18.5. The average molecular weight is 511 g/mol. The van der Waals surface area contributed by atoms with Crippen LogP contribution in [0.5, 0.6) is 0 Å². The number of carbonyl (C=O) groups is 1. The minimum Gasteiger partial charge on any atom is -0.322 e. The SMILES string of the molecule is Cc1ccc(C(Cc2ccccc2)(NC(=O)Nc2cc(F)cc(F)c2)c2cccc(C(F)(F)F)c2)nc1. The molecule has 0 fully saturated rings. The maximum atomic E-state index is 13.7. The fourth-order valence-corrected chi connectivity index (χ4v) is 4.09. The average Bonchev–Trinajstić information content (AvgIpc) is 2.83. The van der Waals surface area contributed by atoms with Crippen molar-refractivity contribution in [2.45, 2.75) is 25.1 Å². The van der Waals surface area contributed by atoms with Crippen molar-refractivity contribution in [2.24, 2.45) is 0 Å². The number of urea groups is 1. The number of benzene rings is 3. The highest BCUT2D eigenvalue weighted by atomic mass is 19.4. The van der Waals surface area contributed by atoms with Crippen LogP contribution in [-0.2, 0) is 18.1 Å². The quantitative estimate of drug-likeness (QED) is 0.274. The molecule has 0 radical (unpaired) electrons. The number of hydrogen-bond donors (Lipinski definition) is 2. The Labute approximate surface area is 210 Å². The van der Waals surface area contributed by atoms with Gasteiger partial charge in [-0.25, -0.2) is 13.6 Å². The molecule has 4 nitrogen and oxygen atoms in total. The van der Waals surface area contributed by atoms with Gasteiger partial charge in [-0.2, -0.15) is 13.2 Å². The van der Waals surface area contributed by atoms with Gasteiger partial charge in [0, 0.05) is 24.4 Å². The fraction of sp³-hybridized carbons (Fsp3) is 0.143. The molecule has 0 saturated heterocycles. The fourth-order valence-electron chi connectivity index (χ4n) is 4.09. The topological polar surface area (TPSA) is 54.0 Å². The molecule has 0 saturated carbocycles. The first-order chi connectivity index (χ1) is 17.5. The lowest BCUT2D eigenvalue weighted by Gasteiger charge is -2.36. The van der Waals surface area contributed by atoms with Crippen LogP contribution >= 0.6 is 0 Å². The molecule has 0 aliphatic carbocycles. The monoisotopic (exact) mass is 511 g/mol. The van der Waals surface area contributed by atoms with Crippen molar-refractivity contribution in [2.75, 3.05) is 5.32 Å². The summed E-state index contributed by atoms with van der Waals surface area (Å²) in [5, 5.41) is 5.15. The van der Waals surface area contributed by atoms with E-state index in [1.807, 2.05) is 0 Å². The van der Waals surface area contributed by atoms with Crippen molar-refractivity contribution >= 4 is 11.7 Å². The number of hydrogen-bond acceptors (Lipinski definition) is 2. The number of nitrogens with zero attached hydrogens (tertiary/aromatic N) is 1. The molecule has 3 aromatic carbocycles. The molecule has 4 aromatic rings. The number of amides is 2. The van der Waals surface area contributed by atoms with E-state index in [2.05, 4.69) is 15.6 Å². The van der Waals surface area contributed by atoms with Crippen molar-refractivity contribution in [3.63, 3.8) is 0 Å². The maximum absolute atomic E-state index is 13.7. The molecule has 2 N–H and O–H groups in total. The van der Waals surface area contributed by atoms with Gasteiger partial charge in [-0.15, -0.1) is 0 Å². The normalized spacial score (nSPS) is 13.0. The summed E-state index contributed by atoms with van der Waals surface area (Å²) in [4.78, 5) is 17.7. The minimum absolute atomic E-state index is 0.0378. The van der Waals surface area contributed by atoms with Crippen molar-refractivity contribution in [1.29, 1.82) is 0 Å². The molecule has 37 heavy (non-hydrogen) atoms. The molecule has 9 heteroatoms. The molecular weight excluding hydrogens is 489 g/mol. The lowest BCUT2D eigenvalue weighted by molar-refractivity contribution is -0.137. The summed E-state index contributed by atoms with van der Waals surface area (Å²) in [5.41, 5.74) is -0.717. The highest BCUT2D eigenvalue weighted by molar-refractivity contribution is 5.90. The summed E-state index contributed by atoms with van der Waals surface area (Å²) in [6.07, 6.45) is -3.04. The van der Waals surface area contributed by atoms with E-state index in [1.165, 1.54) is 12.1 Å². The van der Waals surface area contributed by atoms with E-state index in [9.17, 15) is 26.7 Å². The second kappa shape index (κ2) is 10.4. The molecule has 1 aromatic heterocycles. The van der Waals surface area contributed by atoms with Crippen molar-refractivity contribution in [3.8, 4) is 0 Å². The lowest BCUT2D eigenvalue weighted by Crippen LogP contribution is -2.50. The number of halogens is 5. The van der Waals surface area contributed by atoms with E-state index in [1.54, 1.807) is 55.6 Å². The Balaban J connectivity index is 1.87. The van der Waals surface area contributed by atoms with Crippen LogP contribution in [0.4, 0.5) is 32.4 Å². The predicted molar refractivity (Wildman–Crippen MR) is 130 cm³/mol. The Morgan fingerprint density at radius 1 is 0.838 bits per heavy atom. The molecular formula is C28H22F5N3O. The van der Waals surface area contributed by atoms with Gasteiger partial charge in [0.15, 0.2) is 0 Å². The van der Waals surface area contributed by atoms with Gasteiger partial charge in [-0.05, 0) is 53.9 Å². The van der Waals surface area contributed by atoms with Crippen molar-refractivity contribution < 1.29 is 26.7 Å². The number of aromatic nitrogens is 1. The van der Waals surface area contributed by atoms with Gasteiger partial charge in [0.1, 0.15) is 17.2 Å². The van der Waals surface area contributed by atoms with E-state index in [4.69, 9.17) is 0 Å². The predicted octanol–water partition coefficient (Wildman–Crippen LogP) is 7.00. The second-order valence-corrected chi connectivity index (χ2v) is 8.60. The van der Waals surface area contributed by atoms with Gasteiger partial charge >= 0.3 is 12.2 Å². The third-order valence-corrected chi connectivity index (χ3v) is 5.79. The summed E-state index contributed by atoms with van der Waals surface area (Å²) in [6.45, 7) is 1.80. The molecule has 0 spiro atoms. The molecule has 1 unspecified atom stereocenters. The molecule has 2 amide bonds. The minimum atomic E-state index is -4.63. The number of rotatable bonds is 6. The highest BCUT2D eigenvalue weighted by Crippen LogP contribution is 2.37. The highest BCUT2D eigenvalue weighted by Gasteiger charge is 2.40. The zero-order valence-electron chi connectivity index (χ0n) is 19.6. The summed E-state index contributed by atoms with van der Waals surface area (Å²) in [5.74, 6) is -1.80. The number of carbonyl (C=O) groups excluding carboxylic acids is 1. The number of aryl methyl sites for hydroxylation is 1. The summed E-state index contributed by atoms with van der Waals surface area (Å²) >= 11 is 0. The largest absolute Gasteiger partial charge is 0.416 e.